The van der Waals surface area contributed by atoms with Crippen molar-refractivity contribution in [2.75, 3.05) is 0 Å². The van der Waals surface area contributed by atoms with E-state index >= 15 is 0 Å². The first-order chi connectivity index (χ1) is 18.7. The fraction of sp³-hybridized carbons (Fsp3) is 0.419. The third kappa shape index (κ3) is 5.48. The SMILES string of the molecule is CC1(C)OB(c2ccc(OC(Oc3ccc(B4OC(C)(C)C(C)(C)O4)cc3)c3ccccc3O)cc2)OC1(C)C. The Labute approximate surface area is 238 Å². The molecule has 0 bridgehead atoms. The standard InChI is InChI=1S/C31H38B2O7/c1-28(2)29(3,4)38-32(37-28)21-13-17-23(18-14-21)35-27(25-11-9-10-12-26(25)34)36-24-19-15-22(16-20-24)33-39-30(5,6)31(7,8)40-33/h9-20,27,34H,1-8H3. The van der Waals surface area contributed by atoms with Crippen LogP contribution in [0.4, 0.5) is 0 Å². The van der Waals surface area contributed by atoms with Crippen LogP contribution in [0.25, 0.3) is 0 Å². The summed E-state index contributed by atoms with van der Waals surface area (Å²) >= 11 is 0. The minimum Gasteiger partial charge on any atom is -0.507 e. The van der Waals surface area contributed by atoms with Gasteiger partial charge in [-0.3, -0.25) is 0 Å². The van der Waals surface area contributed by atoms with E-state index in [1.807, 2.05) is 110 Å². The number of phenols is 1. The molecule has 2 fully saturated rings. The second-order valence-electron chi connectivity index (χ2n) is 12.4. The Morgan fingerprint density at radius 3 is 1.25 bits per heavy atom. The van der Waals surface area contributed by atoms with Gasteiger partial charge in [-0.2, -0.15) is 0 Å². The van der Waals surface area contributed by atoms with Gasteiger partial charge in [0.15, 0.2) is 0 Å². The molecular formula is C31H38B2O7. The molecule has 1 N–H and O–H groups in total. The Kier molecular flexibility index (Phi) is 7.24. The molecule has 5 rings (SSSR count). The molecular weight excluding hydrogens is 506 g/mol. The van der Waals surface area contributed by atoms with Gasteiger partial charge in [0, 0.05) is 0 Å². The van der Waals surface area contributed by atoms with Crippen LogP contribution in [0.3, 0.4) is 0 Å². The molecule has 2 heterocycles. The molecule has 9 heteroatoms. The van der Waals surface area contributed by atoms with Crippen molar-refractivity contribution in [3.8, 4) is 17.2 Å². The van der Waals surface area contributed by atoms with Crippen LogP contribution in [0.15, 0.2) is 72.8 Å². The second kappa shape index (κ2) is 10.1. The highest BCUT2D eigenvalue weighted by atomic mass is 16.7. The molecule has 0 atom stereocenters. The first kappa shape index (κ1) is 28.6. The summed E-state index contributed by atoms with van der Waals surface area (Å²) in [5.74, 6) is 1.22. The number of rotatable bonds is 7. The largest absolute Gasteiger partial charge is 0.507 e. The van der Waals surface area contributed by atoms with Crippen LogP contribution in [0.1, 0.15) is 67.2 Å². The van der Waals surface area contributed by atoms with E-state index in [2.05, 4.69) is 0 Å². The van der Waals surface area contributed by atoms with Crippen LogP contribution in [0, 0.1) is 0 Å². The Balaban J connectivity index is 1.33. The fourth-order valence-electron chi connectivity index (χ4n) is 4.45. The highest BCUT2D eigenvalue weighted by Crippen LogP contribution is 2.38. The predicted molar refractivity (Wildman–Crippen MR) is 156 cm³/mol. The summed E-state index contributed by atoms with van der Waals surface area (Å²) in [6.07, 6.45) is -0.897. The smallest absolute Gasteiger partial charge is 0.494 e. The third-order valence-electron chi connectivity index (χ3n) is 8.49. The quantitative estimate of drug-likeness (QED) is 0.326. The minimum absolute atomic E-state index is 0.0789. The Morgan fingerprint density at radius 1 is 0.550 bits per heavy atom. The van der Waals surface area contributed by atoms with Gasteiger partial charge in [0.25, 0.3) is 6.29 Å². The fourth-order valence-corrected chi connectivity index (χ4v) is 4.45. The molecule has 2 saturated heterocycles. The molecule has 0 aliphatic carbocycles. The van der Waals surface area contributed by atoms with Gasteiger partial charge in [0.2, 0.25) is 0 Å². The van der Waals surface area contributed by atoms with E-state index < -0.39 is 42.9 Å². The van der Waals surface area contributed by atoms with Gasteiger partial charge >= 0.3 is 14.2 Å². The lowest BCUT2D eigenvalue weighted by atomic mass is 9.79. The molecule has 0 unspecified atom stereocenters. The normalized spacial score (nSPS) is 20.6. The van der Waals surface area contributed by atoms with E-state index in [4.69, 9.17) is 28.1 Å². The van der Waals surface area contributed by atoms with Gasteiger partial charge in [0.05, 0.1) is 28.0 Å². The van der Waals surface area contributed by atoms with E-state index in [0.717, 1.165) is 10.9 Å². The number of aromatic hydroxyl groups is 1. The minimum atomic E-state index is -0.897. The summed E-state index contributed by atoms with van der Waals surface area (Å²) in [4.78, 5) is 0. The third-order valence-corrected chi connectivity index (χ3v) is 8.49. The highest BCUT2D eigenvalue weighted by Gasteiger charge is 2.52. The summed E-state index contributed by atoms with van der Waals surface area (Å²) in [7, 11) is -0.932. The van der Waals surface area contributed by atoms with Crippen molar-refractivity contribution < 1.29 is 33.2 Å². The zero-order chi connectivity index (χ0) is 28.9. The van der Waals surface area contributed by atoms with Gasteiger partial charge in [-0.1, -0.05) is 36.4 Å². The van der Waals surface area contributed by atoms with Crippen LogP contribution in [-0.2, 0) is 18.6 Å². The van der Waals surface area contributed by atoms with Crippen LogP contribution >= 0.6 is 0 Å². The van der Waals surface area contributed by atoms with E-state index in [-0.39, 0.29) is 5.75 Å². The average molecular weight is 544 g/mol. The van der Waals surface area contributed by atoms with Gasteiger partial charge < -0.3 is 33.2 Å². The van der Waals surface area contributed by atoms with Gasteiger partial charge in [-0.15, -0.1) is 0 Å². The zero-order valence-corrected chi connectivity index (χ0v) is 24.6. The first-order valence-corrected chi connectivity index (χ1v) is 13.7. The molecule has 3 aromatic carbocycles. The maximum absolute atomic E-state index is 10.6. The lowest BCUT2D eigenvalue weighted by Gasteiger charge is -2.32. The van der Waals surface area contributed by atoms with Crippen LogP contribution < -0.4 is 20.4 Å². The summed E-state index contributed by atoms with van der Waals surface area (Å²) in [6.45, 7) is 16.2. The number of phenolic OH excluding ortho intramolecular Hbond substituents is 1. The number of benzene rings is 3. The van der Waals surface area contributed by atoms with Gasteiger partial charge in [-0.25, -0.2) is 0 Å². The molecule has 2 aliphatic rings. The highest BCUT2D eigenvalue weighted by molar-refractivity contribution is 6.62. The number of hydrogen-bond donors (Lipinski definition) is 1. The Morgan fingerprint density at radius 2 is 0.900 bits per heavy atom. The summed E-state index contributed by atoms with van der Waals surface area (Å²) in [5.41, 5.74) is 0.605. The maximum Gasteiger partial charge on any atom is 0.494 e. The first-order valence-electron chi connectivity index (χ1n) is 13.7. The molecule has 210 valence electrons. The van der Waals surface area contributed by atoms with Crippen LogP contribution in [-0.4, -0.2) is 41.7 Å². The topological polar surface area (TPSA) is 75.6 Å². The van der Waals surface area contributed by atoms with Crippen molar-refractivity contribution in [1.29, 1.82) is 0 Å². The molecule has 0 spiro atoms. The van der Waals surface area contributed by atoms with Crippen molar-refractivity contribution >= 4 is 25.2 Å². The molecule has 40 heavy (non-hydrogen) atoms. The van der Waals surface area contributed by atoms with E-state index in [1.54, 1.807) is 18.2 Å². The van der Waals surface area contributed by atoms with Crippen molar-refractivity contribution in [2.45, 2.75) is 84.1 Å². The molecule has 7 nitrogen and oxygen atoms in total. The van der Waals surface area contributed by atoms with E-state index in [9.17, 15) is 5.11 Å². The summed E-state index contributed by atoms with van der Waals surface area (Å²) in [6, 6.07) is 22.0. The van der Waals surface area contributed by atoms with Crippen LogP contribution in [0.5, 0.6) is 17.2 Å². The van der Waals surface area contributed by atoms with Crippen molar-refractivity contribution in [3.05, 3.63) is 78.4 Å². The molecule has 3 aromatic rings. The molecule has 2 aliphatic heterocycles. The lowest BCUT2D eigenvalue weighted by molar-refractivity contribution is 0.00218. The number of para-hydroxylation sites is 1. The number of hydrogen-bond acceptors (Lipinski definition) is 7. The molecule has 0 saturated carbocycles. The maximum atomic E-state index is 10.6. The Hall–Kier alpha value is -2.97. The predicted octanol–water partition coefficient (Wildman–Crippen LogP) is 5.15. The number of ether oxygens (including phenoxy) is 2. The monoisotopic (exact) mass is 544 g/mol. The van der Waals surface area contributed by atoms with Gasteiger partial charge in [0.1, 0.15) is 17.2 Å². The molecule has 0 amide bonds. The summed E-state index contributed by atoms with van der Waals surface area (Å²) < 4.78 is 37.2. The van der Waals surface area contributed by atoms with Gasteiger partial charge in [-0.05, 0) is 103 Å². The molecule has 0 radical (unpaired) electrons. The van der Waals surface area contributed by atoms with E-state index in [0.29, 0.717) is 17.1 Å². The average Bonchev–Trinajstić information content (AvgIpc) is 3.24. The van der Waals surface area contributed by atoms with Crippen molar-refractivity contribution in [3.63, 3.8) is 0 Å². The zero-order valence-electron chi connectivity index (χ0n) is 24.6. The van der Waals surface area contributed by atoms with Crippen molar-refractivity contribution in [2.24, 2.45) is 0 Å². The lowest BCUT2D eigenvalue weighted by Crippen LogP contribution is -2.41. The Bertz CT molecular complexity index is 1220. The summed E-state index contributed by atoms with van der Waals surface area (Å²) in [5, 5.41) is 10.6. The molecule has 0 aromatic heterocycles. The second-order valence-corrected chi connectivity index (χ2v) is 12.4. The van der Waals surface area contributed by atoms with E-state index in [1.165, 1.54) is 0 Å². The van der Waals surface area contributed by atoms with Crippen LogP contribution in [0.2, 0.25) is 0 Å². The van der Waals surface area contributed by atoms with Crippen molar-refractivity contribution in [1.82, 2.24) is 0 Å².